The molecule has 0 aliphatic rings. The molecular formula is C21H22ClN3O2S. The molecule has 146 valence electrons. The van der Waals surface area contributed by atoms with Crippen LogP contribution >= 0.6 is 23.4 Å². The molecule has 1 heterocycles. The van der Waals surface area contributed by atoms with Crippen molar-refractivity contribution in [2.75, 3.05) is 5.75 Å². The molecule has 3 aromatic rings. The van der Waals surface area contributed by atoms with Gasteiger partial charge in [0.25, 0.3) is 5.56 Å². The number of nitrogens with zero attached hydrogens (tertiary/aromatic N) is 2. The number of nitrogens with one attached hydrogen (secondary N) is 1. The highest BCUT2D eigenvalue weighted by Crippen LogP contribution is 2.23. The van der Waals surface area contributed by atoms with Gasteiger partial charge in [-0.15, -0.1) is 0 Å². The average molecular weight is 416 g/mol. The van der Waals surface area contributed by atoms with Crippen LogP contribution in [0.5, 0.6) is 0 Å². The van der Waals surface area contributed by atoms with Crippen LogP contribution in [0.4, 0.5) is 0 Å². The van der Waals surface area contributed by atoms with Gasteiger partial charge in [0.2, 0.25) is 5.91 Å². The maximum atomic E-state index is 13.2. The summed E-state index contributed by atoms with van der Waals surface area (Å²) in [5.41, 5.74) is 2.09. The van der Waals surface area contributed by atoms with E-state index in [9.17, 15) is 9.59 Å². The van der Waals surface area contributed by atoms with E-state index in [0.29, 0.717) is 21.1 Å². The molecule has 0 saturated carbocycles. The summed E-state index contributed by atoms with van der Waals surface area (Å²) in [5.74, 6) is 0.0878. The summed E-state index contributed by atoms with van der Waals surface area (Å²) in [6.07, 6.45) is 0.858. The summed E-state index contributed by atoms with van der Waals surface area (Å²) in [7, 11) is 0. The molecule has 0 bridgehead atoms. The van der Waals surface area contributed by atoms with Crippen molar-refractivity contribution in [3.05, 3.63) is 63.4 Å². The minimum atomic E-state index is -0.183. The second-order valence-electron chi connectivity index (χ2n) is 6.70. The number of thioether (sulfide) groups is 1. The maximum Gasteiger partial charge on any atom is 0.266 e. The van der Waals surface area contributed by atoms with Crippen molar-refractivity contribution in [2.24, 2.45) is 0 Å². The van der Waals surface area contributed by atoms with Gasteiger partial charge in [0.15, 0.2) is 5.16 Å². The van der Waals surface area contributed by atoms with Crippen molar-refractivity contribution >= 4 is 40.2 Å². The van der Waals surface area contributed by atoms with Crippen molar-refractivity contribution in [3.8, 4) is 5.69 Å². The molecule has 3 rings (SSSR count). The first-order valence-electron chi connectivity index (χ1n) is 9.10. The van der Waals surface area contributed by atoms with Crippen LogP contribution in [0.15, 0.2) is 52.4 Å². The Labute approximate surface area is 173 Å². The van der Waals surface area contributed by atoms with Gasteiger partial charge in [0.05, 0.1) is 22.3 Å². The predicted octanol–water partition coefficient (Wildman–Crippen LogP) is 4.35. The fourth-order valence-corrected chi connectivity index (χ4v) is 3.77. The molecule has 28 heavy (non-hydrogen) atoms. The highest BCUT2D eigenvalue weighted by atomic mass is 35.5. The third-order valence-corrected chi connectivity index (χ3v) is 5.59. The van der Waals surface area contributed by atoms with Gasteiger partial charge < -0.3 is 5.32 Å². The summed E-state index contributed by atoms with van der Waals surface area (Å²) in [5, 5.41) is 4.39. The van der Waals surface area contributed by atoms with Gasteiger partial charge in [-0.3, -0.25) is 14.2 Å². The standard InChI is InChI=1S/C21H22ClN3O2S/c1-4-14(3)23-19(26)12-28-21-24-18-11-15(22)8-9-17(18)20(27)25(21)16-7-5-6-13(2)10-16/h5-11,14H,4,12H2,1-3H3,(H,23,26)/t14-/m0/s1. The van der Waals surface area contributed by atoms with E-state index >= 15 is 0 Å². The van der Waals surface area contributed by atoms with Gasteiger partial charge in [-0.25, -0.2) is 4.98 Å². The molecule has 0 fully saturated rings. The van der Waals surface area contributed by atoms with E-state index in [1.807, 2.05) is 45.0 Å². The Balaban J connectivity index is 2.07. The molecule has 2 aromatic carbocycles. The lowest BCUT2D eigenvalue weighted by atomic mass is 10.2. The fraction of sp³-hybridized carbons (Fsp3) is 0.286. The Hall–Kier alpha value is -2.31. The quantitative estimate of drug-likeness (QED) is 0.480. The number of amides is 1. The van der Waals surface area contributed by atoms with E-state index in [1.54, 1.807) is 22.8 Å². The van der Waals surface area contributed by atoms with E-state index < -0.39 is 0 Å². The summed E-state index contributed by atoms with van der Waals surface area (Å²) in [4.78, 5) is 30.1. The number of aromatic nitrogens is 2. The van der Waals surface area contributed by atoms with Gasteiger partial charge in [-0.05, 0) is 56.2 Å². The largest absolute Gasteiger partial charge is 0.353 e. The molecular weight excluding hydrogens is 394 g/mol. The molecule has 7 heteroatoms. The third-order valence-electron chi connectivity index (χ3n) is 4.41. The van der Waals surface area contributed by atoms with E-state index in [-0.39, 0.29) is 23.3 Å². The number of rotatable bonds is 6. The Morgan fingerprint density at radius 3 is 2.79 bits per heavy atom. The summed E-state index contributed by atoms with van der Waals surface area (Å²) < 4.78 is 1.56. The Morgan fingerprint density at radius 1 is 1.29 bits per heavy atom. The zero-order chi connectivity index (χ0) is 20.3. The van der Waals surface area contributed by atoms with Crippen molar-refractivity contribution in [3.63, 3.8) is 0 Å². The van der Waals surface area contributed by atoms with Gasteiger partial charge in [-0.1, -0.05) is 42.4 Å². The molecule has 0 saturated heterocycles. The highest BCUT2D eigenvalue weighted by Gasteiger charge is 2.16. The first-order valence-corrected chi connectivity index (χ1v) is 10.5. The molecule has 1 atom stereocenters. The topological polar surface area (TPSA) is 64.0 Å². The normalized spacial score (nSPS) is 12.1. The number of hydrogen-bond acceptors (Lipinski definition) is 4. The zero-order valence-electron chi connectivity index (χ0n) is 16.0. The van der Waals surface area contributed by atoms with Crippen LogP contribution < -0.4 is 10.9 Å². The Bertz CT molecular complexity index is 1080. The first-order chi connectivity index (χ1) is 13.4. The lowest BCUT2D eigenvalue weighted by Gasteiger charge is -2.15. The highest BCUT2D eigenvalue weighted by molar-refractivity contribution is 7.99. The number of fused-ring (bicyclic) bond motifs is 1. The molecule has 0 unspecified atom stereocenters. The third kappa shape index (κ3) is 4.56. The summed E-state index contributed by atoms with van der Waals surface area (Å²) in [6, 6.07) is 12.8. The number of carbonyl (C=O) groups excluding carboxylic acids is 1. The van der Waals surface area contributed by atoms with E-state index in [0.717, 1.165) is 17.7 Å². The Kier molecular flexibility index (Phi) is 6.42. The molecule has 5 nitrogen and oxygen atoms in total. The minimum absolute atomic E-state index is 0.0874. The molecule has 0 spiro atoms. The van der Waals surface area contributed by atoms with Gasteiger partial charge in [0, 0.05) is 11.1 Å². The molecule has 1 amide bonds. The number of carbonyl (C=O) groups is 1. The number of halogens is 1. The lowest BCUT2D eigenvalue weighted by Crippen LogP contribution is -2.33. The second-order valence-corrected chi connectivity index (χ2v) is 8.08. The number of aryl methyl sites for hydroxylation is 1. The van der Waals surface area contributed by atoms with Crippen molar-refractivity contribution < 1.29 is 4.79 Å². The fourth-order valence-electron chi connectivity index (χ4n) is 2.78. The zero-order valence-corrected chi connectivity index (χ0v) is 17.6. The molecule has 0 aliphatic heterocycles. The molecule has 1 N–H and O–H groups in total. The SMILES string of the molecule is CC[C@H](C)NC(=O)CSc1nc2cc(Cl)ccc2c(=O)n1-c1cccc(C)c1. The van der Waals surface area contributed by atoms with Crippen molar-refractivity contribution in [1.29, 1.82) is 0 Å². The van der Waals surface area contributed by atoms with Gasteiger partial charge in [0.1, 0.15) is 0 Å². The van der Waals surface area contributed by atoms with Crippen LogP contribution in [-0.4, -0.2) is 27.3 Å². The van der Waals surface area contributed by atoms with Crippen LogP contribution in [0, 0.1) is 6.92 Å². The van der Waals surface area contributed by atoms with Crippen LogP contribution in [0.2, 0.25) is 5.02 Å². The number of benzene rings is 2. The van der Waals surface area contributed by atoms with Crippen LogP contribution in [0.3, 0.4) is 0 Å². The van der Waals surface area contributed by atoms with E-state index in [4.69, 9.17) is 11.6 Å². The molecule has 0 aliphatic carbocycles. The molecule has 0 radical (unpaired) electrons. The monoisotopic (exact) mass is 415 g/mol. The maximum absolute atomic E-state index is 13.2. The first kappa shape index (κ1) is 20.4. The number of hydrogen-bond donors (Lipinski definition) is 1. The summed E-state index contributed by atoms with van der Waals surface area (Å²) >= 11 is 7.32. The van der Waals surface area contributed by atoms with Gasteiger partial charge in [-0.2, -0.15) is 0 Å². The smallest absolute Gasteiger partial charge is 0.266 e. The second kappa shape index (κ2) is 8.80. The van der Waals surface area contributed by atoms with Crippen molar-refractivity contribution in [2.45, 2.75) is 38.4 Å². The van der Waals surface area contributed by atoms with Crippen LogP contribution in [-0.2, 0) is 4.79 Å². The average Bonchev–Trinajstić information content (AvgIpc) is 2.66. The van der Waals surface area contributed by atoms with E-state index in [1.165, 1.54) is 11.8 Å². The minimum Gasteiger partial charge on any atom is -0.353 e. The molecule has 1 aromatic heterocycles. The predicted molar refractivity (Wildman–Crippen MR) is 116 cm³/mol. The van der Waals surface area contributed by atoms with E-state index in [2.05, 4.69) is 10.3 Å². The lowest BCUT2D eigenvalue weighted by molar-refractivity contribution is -0.119. The van der Waals surface area contributed by atoms with Crippen molar-refractivity contribution in [1.82, 2.24) is 14.9 Å². The summed E-state index contributed by atoms with van der Waals surface area (Å²) in [6.45, 7) is 5.94. The van der Waals surface area contributed by atoms with Crippen LogP contribution in [0.1, 0.15) is 25.8 Å². The van der Waals surface area contributed by atoms with Crippen LogP contribution in [0.25, 0.3) is 16.6 Å². The van der Waals surface area contributed by atoms with Gasteiger partial charge >= 0.3 is 0 Å². The Morgan fingerprint density at radius 2 is 2.07 bits per heavy atom.